The van der Waals surface area contributed by atoms with Crippen molar-refractivity contribution in [2.75, 3.05) is 6.54 Å². The van der Waals surface area contributed by atoms with Crippen LogP contribution in [-0.4, -0.2) is 32.8 Å². The van der Waals surface area contributed by atoms with E-state index >= 15 is 0 Å². The van der Waals surface area contributed by atoms with Crippen molar-refractivity contribution < 1.29 is 4.79 Å². The Morgan fingerprint density at radius 1 is 1.32 bits per heavy atom. The van der Waals surface area contributed by atoms with E-state index in [-0.39, 0.29) is 36.3 Å². The Hall–Kier alpha value is -1.57. The summed E-state index contributed by atoms with van der Waals surface area (Å²) >= 11 is 0. The molecule has 2 aromatic rings. The maximum Gasteiger partial charge on any atom is 0.273 e. The highest BCUT2D eigenvalue weighted by molar-refractivity contribution is 5.85. The molecule has 7 nitrogen and oxygen atoms in total. The van der Waals surface area contributed by atoms with E-state index in [4.69, 9.17) is 5.73 Å². The number of H-pyrrole nitrogens is 1. The third-order valence-electron chi connectivity index (χ3n) is 3.92. The highest BCUT2D eigenvalue weighted by atomic mass is 35.5. The van der Waals surface area contributed by atoms with Gasteiger partial charge in [-0.2, -0.15) is 0 Å². The van der Waals surface area contributed by atoms with Gasteiger partial charge in [0.25, 0.3) is 5.56 Å². The van der Waals surface area contributed by atoms with Crippen LogP contribution in [0, 0.1) is 13.8 Å². The number of carbonyl (C=O) groups is 1. The van der Waals surface area contributed by atoms with Crippen LogP contribution in [0.3, 0.4) is 0 Å². The van der Waals surface area contributed by atoms with Gasteiger partial charge >= 0.3 is 0 Å². The summed E-state index contributed by atoms with van der Waals surface area (Å²) in [4.78, 5) is 28.5. The first-order valence-corrected chi connectivity index (χ1v) is 7.70. The van der Waals surface area contributed by atoms with E-state index in [2.05, 4.69) is 15.4 Å². The van der Waals surface area contributed by atoms with Gasteiger partial charge in [-0.05, 0) is 45.2 Å². The number of aryl methyl sites for hydroxylation is 3. The van der Waals surface area contributed by atoms with Gasteiger partial charge in [-0.1, -0.05) is 0 Å². The van der Waals surface area contributed by atoms with Crippen LogP contribution in [-0.2, 0) is 18.3 Å². The summed E-state index contributed by atoms with van der Waals surface area (Å²) < 4.78 is 1.62. The average molecular weight is 392 g/mol. The standard InChI is InChI=1S/C16H25N5O2.2ClH/c1-9-11(6-7-12(22)18-8-16(3,4)17)10(2)19-14-13(9)15(23)20-21(14)5;;/h6-8,17H2,1-5H3,(H,18,22)(H,20,23);2*1H. The van der Waals surface area contributed by atoms with Crippen molar-refractivity contribution in [1.29, 1.82) is 0 Å². The molecule has 0 aliphatic carbocycles. The fourth-order valence-electron chi connectivity index (χ4n) is 2.67. The molecular formula is C16H27Cl2N5O2. The van der Waals surface area contributed by atoms with Gasteiger partial charge in [0, 0.05) is 31.2 Å². The quantitative estimate of drug-likeness (QED) is 0.717. The minimum absolute atomic E-state index is 0. The van der Waals surface area contributed by atoms with Crippen molar-refractivity contribution in [3.63, 3.8) is 0 Å². The summed E-state index contributed by atoms with van der Waals surface area (Å²) in [7, 11) is 1.76. The molecule has 0 aliphatic heterocycles. The molecule has 0 spiro atoms. The molecule has 0 fully saturated rings. The topological polar surface area (TPSA) is 106 Å². The number of nitrogens with one attached hydrogen (secondary N) is 2. The van der Waals surface area contributed by atoms with Crippen LogP contribution in [0.2, 0.25) is 0 Å². The molecule has 0 atom stereocenters. The second kappa shape index (κ2) is 8.69. The van der Waals surface area contributed by atoms with Crippen LogP contribution in [0.5, 0.6) is 0 Å². The molecule has 0 saturated heterocycles. The number of amides is 1. The number of halogens is 2. The Kier molecular flexibility index (Phi) is 8.14. The van der Waals surface area contributed by atoms with Crippen LogP contribution >= 0.6 is 24.8 Å². The van der Waals surface area contributed by atoms with Crippen LogP contribution in [0.15, 0.2) is 4.79 Å². The SMILES string of the molecule is Cc1nc2c(c(C)c1CCC(=O)NCC(C)(C)N)c(=O)[nH]n2C.Cl.Cl. The smallest absolute Gasteiger partial charge is 0.273 e. The number of nitrogens with zero attached hydrogens (tertiary/aromatic N) is 2. The van der Waals surface area contributed by atoms with Crippen LogP contribution in [0.1, 0.15) is 37.1 Å². The van der Waals surface area contributed by atoms with E-state index < -0.39 is 5.54 Å². The number of hydrogen-bond acceptors (Lipinski definition) is 4. The molecule has 0 unspecified atom stereocenters. The second-order valence-electron chi connectivity index (χ2n) is 6.76. The van der Waals surface area contributed by atoms with Crippen molar-refractivity contribution in [3.8, 4) is 0 Å². The number of rotatable bonds is 5. The lowest BCUT2D eigenvalue weighted by molar-refractivity contribution is -0.121. The van der Waals surface area contributed by atoms with Gasteiger partial charge in [-0.3, -0.25) is 19.4 Å². The van der Waals surface area contributed by atoms with E-state index in [0.717, 1.165) is 16.8 Å². The largest absolute Gasteiger partial charge is 0.354 e. The molecule has 0 aromatic carbocycles. The Morgan fingerprint density at radius 2 is 1.92 bits per heavy atom. The lowest BCUT2D eigenvalue weighted by atomic mass is 10.00. The number of aromatic nitrogens is 3. The van der Waals surface area contributed by atoms with Crippen molar-refractivity contribution in [3.05, 3.63) is 27.2 Å². The monoisotopic (exact) mass is 391 g/mol. The Bertz CT molecular complexity index is 805. The molecule has 2 aromatic heterocycles. The minimum Gasteiger partial charge on any atom is -0.354 e. The highest BCUT2D eigenvalue weighted by Gasteiger charge is 2.17. The van der Waals surface area contributed by atoms with Gasteiger partial charge in [-0.15, -0.1) is 24.8 Å². The second-order valence-corrected chi connectivity index (χ2v) is 6.76. The zero-order valence-corrected chi connectivity index (χ0v) is 16.9. The normalized spacial score (nSPS) is 11.0. The minimum atomic E-state index is -0.431. The van der Waals surface area contributed by atoms with Gasteiger partial charge in [0.05, 0.1) is 5.39 Å². The molecule has 9 heteroatoms. The lowest BCUT2D eigenvalue weighted by Crippen LogP contribution is -2.45. The summed E-state index contributed by atoms with van der Waals surface area (Å²) in [5, 5.41) is 6.14. The number of carbonyl (C=O) groups excluding carboxylic acids is 1. The average Bonchev–Trinajstić information content (AvgIpc) is 2.70. The van der Waals surface area contributed by atoms with Gasteiger partial charge in [-0.25, -0.2) is 4.98 Å². The third-order valence-corrected chi connectivity index (χ3v) is 3.92. The van der Waals surface area contributed by atoms with Crippen LogP contribution < -0.4 is 16.6 Å². The molecular weight excluding hydrogens is 365 g/mol. The summed E-state index contributed by atoms with van der Waals surface area (Å²) in [6, 6.07) is 0. The van der Waals surface area contributed by atoms with Crippen molar-refractivity contribution in [2.45, 2.75) is 46.1 Å². The van der Waals surface area contributed by atoms with Gasteiger partial charge in [0.2, 0.25) is 5.91 Å². The first-order valence-electron chi connectivity index (χ1n) is 7.70. The first kappa shape index (κ1) is 23.4. The number of hydrogen-bond donors (Lipinski definition) is 3. The Balaban J connectivity index is 0.00000288. The lowest BCUT2D eigenvalue weighted by Gasteiger charge is -2.19. The van der Waals surface area contributed by atoms with E-state index in [1.54, 1.807) is 11.7 Å². The molecule has 0 saturated carbocycles. The van der Waals surface area contributed by atoms with Gasteiger partial charge in [0.15, 0.2) is 5.65 Å². The summed E-state index contributed by atoms with van der Waals surface area (Å²) in [6.45, 7) is 7.96. The number of fused-ring (bicyclic) bond motifs is 1. The Labute approximate surface area is 159 Å². The van der Waals surface area contributed by atoms with Crippen LogP contribution in [0.25, 0.3) is 11.0 Å². The molecule has 25 heavy (non-hydrogen) atoms. The summed E-state index contributed by atoms with van der Waals surface area (Å²) in [5.41, 5.74) is 8.60. The summed E-state index contributed by atoms with van der Waals surface area (Å²) in [6.07, 6.45) is 0.890. The van der Waals surface area contributed by atoms with Crippen LogP contribution in [0.4, 0.5) is 0 Å². The zero-order chi connectivity index (χ0) is 17.4. The van der Waals surface area contributed by atoms with E-state index in [1.807, 2.05) is 27.7 Å². The molecule has 2 rings (SSSR count). The van der Waals surface area contributed by atoms with E-state index in [0.29, 0.717) is 30.4 Å². The zero-order valence-electron chi connectivity index (χ0n) is 15.2. The highest BCUT2D eigenvalue weighted by Crippen LogP contribution is 2.20. The molecule has 2 heterocycles. The molecule has 1 amide bonds. The molecule has 142 valence electrons. The molecule has 0 bridgehead atoms. The summed E-state index contributed by atoms with van der Waals surface area (Å²) in [5.74, 6) is -0.0515. The maximum absolute atomic E-state index is 12.0. The predicted octanol–water partition coefficient (Wildman–Crippen LogP) is 1.51. The number of nitrogens with two attached hydrogens (primary N) is 1. The van der Waals surface area contributed by atoms with Crippen molar-refractivity contribution in [1.82, 2.24) is 20.1 Å². The molecule has 0 aliphatic rings. The Morgan fingerprint density at radius 3 is 2.48 bits per heavy atom. The number of pyridine rings is 1. The van der Waals surface area contributed by atoms with Gasteiger partial charge < -0.3 is 11.1 Å². The fourth-order valence-corrected chi connectivity index (χ4v) is 2.67. The molecule has 0 radical (unpaired) electrons. The third kappa shape index (κ3) is 5.45. The molecule has 4 N–H and O–H groups in total. The first-order chi connectivity index (χ1) is 10.6. The maximum atomic E-state index is 12.0. The van der Waals surface area contributed by atoms with Gasteiger partial charge in [0.1, 0.15) is 0 Å². The van der Waals surface area contributed by atoms with E-state index in [9.17, 15) is 9.59 Å². The fraction of sp³-hybridized carbons (Fsp3) is 0.562. The van der Waals surface area contributed by atoms with Crippen molar-refractivity contribution in [2.24, 2.45) is 12.8 Å². The van der Waals surface area contributed by atoms with E-state index in [1.165, 1.54) is 0 Å². The number of aromatic amines is 1. The predicted molar refractivity (Wildman–Crippen MR) is 105 cm³/mol. The van der Waals surface area contributed by atoms with Crippen molar-refractivity contribution >= 4 is 41.8 Å².